The van der Waals surface area contributed by atoms with Crippen LogP contribution < -0.4 is 10.1 Å². The molecular weight excluding hydrogens is 296 g/mol. The number of para-hydroxylation sites is 1. The molecule has 0 bridgehead atoms. The van der Waals surface area contributed by atoms with E-state index in [4.69, 9.17) is 4.74 Å². The average Bonchev–Trinajstić information content (AvgIpc) is 3.10. The van der Waals surface area contributed by atoms with Crippen molar-refractivity contribution in [1.82, 2.24) is 10.2 Å². The molecule has 1 N–H and O–H groups in total. The molecule has 0 amide bonds. The molecule has 2 fully saturated rings. The van der Waals surface area contributed by atoms with Crippen LogP contribution in [-0.2, 0) is 13.0 Å². The van der Waals surface area contributed by atoms with Crippen LogP contribution in [0.25, 0.3) is 0 Å². The predicted octanol–water partition coefficient (Wildman–Crippen LogP) is 3.01. The third-order valence-corrected chi connectivity index (χ3v) is 5.42. The van der Waals surface area contributed by atoms with Gasteiger partial charge < -0.3 is 10.1 Å². The highest BCUT2D eigenvalue weighted by molar-refractivity contribution is 5.85. The first-order valence-corrected chi connectivity index (χ1v) is 8.28. The molecule has 0 aliphatic carbocycles. The maximum Gasteiger partial charge on any atom is 0.127 e. The van der Waals surface area contributed by atoms with Gasteiger partial charge in [0, 0.05) is 31.6 Å². The Kier molecular flexibility index (Phi) is 4.17. The van der Waals surface area contributed by atoms with Gasteiger partial charge in [0.25, 0.3) is 0 Å². The first-order chi connectivity index (χ1) is 10.1. The minimum atomic E-state index is -0.0416. The van der Waals surface area contributed by atoms with Gasteiger partial charge in [-0.05, 0) is 50.8 Å². The van der Waals surface area contributed by atoms with Crippen molar-refractivity contribution in [1.29, 1.82) is 0 Å². The summed E-state index contributed by atoms with van der Waals surface area (Å²) in [4.78, 5) is 2.62. The third-order valence-electron chi connectivity index (χ3n) is 5.42. The molecule has 22 heavy (non-hydrogen) atoms. The Hall–Kier alpha value is -0.770. The molecule has 1 spiro atoms. The number of fused-ring (bicyclic) bond motifs is 1. The zero-order valence-corrected chi connectivity index (χ0v) is 14.5. The molecule has 1 unspecified atom stereocenters. The van der Waals surface area contributed by atoms with Gasteiger partial charge in [0.1, 0.15) is 11.4 Å². The van der Waals surface area contributed by atoms with Crippen molar-refractivity contribution in [2.24, 2.45) is 5.41 Å². The van der Waals surface area contributed by atoms with Crippen molar-refractivity contribution in [2.75, 3.05) is 26.2 Å². The van der Waals surface area contributed by atoms with Crippen LogP contribution in [0.1, 0.15) is 37.8 Å². The van der Waals surface area contributed by atoms with E-state index >= 15 is 0 Å². The Morgan fingerprint density at radius 3 is 2.91 bits per heavy atom. The Labute approximate surface area is 139 Å². The zero-order valence-electron chi connectivity index (χ0n) is 13.7. The van der Waals surface area contributed by atoms with Crippen molar-refractivity contribution < 1.29 is 4.74 Å². The molecule has 3 aliphatic rings. The van der Waals surface area contributed by atoms with Gasteiger partial charge in [0.2, 0.25) is 0 Å². The van der Waals surface area contributed by atoms with Gasteiger partial charge in [-0.3, -0.25) is 4.90 Å². The highest BCUT2D eigenvalue weighted by Gasteiger charge is 2.40. The molecule has 1 aromatic rings. The number of nitrogens with one attached hydrogen (secondary N) is 1. The lowest BCUT2D eigenvalue weighted by Crippen LogP contribution is -2.29. The number of ether oxygens (including phenoxy) is 1. The van der Waals surface area contributed by atoms with Gasteiger partial charge in [-0.25, -0.2) is 0 Å². The van der Waals surface area contributed by atoms with Crippen LogP contribution in [0.2, 0.25) is 0 Å². The number of likely N-dealkylation sites (tertiary alicyclic amines) is 1. The predicted molar refractivity (Wildman–Crippen MR) is 91.9 cm³/mol. The molecule has 0 radical (unpaired) electrons. The standard InChI is InChI=1S/C18H26N2O.ClH/c1-17(2)10-14-4-3-5-15(16(14)21-17)11-20-9-7-18(13-20)6-8-19-12-18;/h3-5,19H,6-13H2,1-2H3;1H. The van der Waals surface area contributed by atoms with E-state index < -0.39 is 0 Å². The van der Waals surface area contributed by atoms with Crippen LogP contribution in [0.3, 0.4) is 0 Å². The summed E-state index contributed by atoms with van der Waals surface area (Å²) in [5.74, 6) is 1.16. The van der Waals surface area contributed by atoms with Crippen LogP contribution in [-0.4, -0.2) is 36.7 Å². The second kappa shape index (κ2) is 5.70. The summed E-state index contributed by atoms with van der Waals surface area (Å²) in [5, 5.41) is 3.54. The number of hydrogen-bond donors (Lipinski definition) is 1. The van der Waals surface area contributed by atoms with Gasteiger partial charge in [-0.1, -0.05) is 18.2 Å². The smallest absolute Gasteiger partial charge is 0.127 e. The Bertz CT molecular complexity index is 552. The second-order valence-corrected chi connectivity index (χ2v) is 7.83. The maximum atomic E-state index is 6.21. The number of hydrogen-bond acceptors (Lipinski definition) is 3. The maximum absolute atomic E-state index is 6.21. The molecule has 0 saturated carbocycles. The van der Waals surface area contributed by atoms with Crippen LogP contribution >= 0.6 is 12.4 Å². The summed E-state index contributed by atoms with van der Waals surface area (Å²) in [6.45, 7) is 10.3. The van der Waals surface area contributed by atoms with Crippen molar-refractivity contribution in [3.05, 3.63) is 29.3 Å². The molecule has 3 nitrogen and oxygen atoms in total. The fourth-order valence-corrected chi connectivity index (χ4v) is 4.35. The van der Waals surface area contributed by atoms with Crippen LogP contribution in [0.15, 0.2) is 18.2 Å². The van der Waals surface area contributed by atoms with Crippen molar-refractivity contribution >= 4 is 12.4 Å². The molecule has 2 saturated heterocycles. The minimum Gasteiger partial charge on any atom is -0.487 e. The summed E-state index contributed by atoms with van der Waals surface area (Å²) in [5.41, 5.74) is 3.27. The molecule has 1 atom stereocenters. The average molecular weight is 323 g/mol. The third kappa shape index (κ3) is 2.86. The topological polar surface area (TPSA) is 24.5 Å². The van der Waals surface area contributed by atoms with Crippen molar-refractivity contribution in [3.8, 4) is 5.75 Å². The van der Waals surface area contributed by atoms with E-state index in [1.54, 1.807) is 0 Å². The number of nitrogens with zero attached hydrogens (tertiary/aromatic N) is 1. The lowest BCUT2D eigenvalue weighted by molar-refractivity contribution is 0.135. The highest BCUT2D eigenvalue weighted by Crippen LogP contribution is 2.40. The highest BCUT2D eigenvalue weighted by atomic mass is 35.5. The Morgan fingerprint density at radius 1 is 1.27 bits per heavy atom. The molecule has 3 aliphatic heterocycles. The first kappa shape index (κ1) is 16.1. The number of halogens is 1. The summed E-state index contributed by atoms with van der Waals surface area (Å²) in [6.07, 6.45) is 3.73. The van der Waals surface area contributed by atoms with E-state index in [-0.39, 0.29) is 18.0 Å². The lowest BCUT2D eigenvalue weighted by atomic mass is 9.86. The summed E-state index contributed by atoms with van der Waals surface area (Å²) < 4.78 is 6.21. The van der Waals surface area contributed by atoms with Crippen LogP contribution in [0, 0.1) is 5.41 Å². The van der Waals surface area contributed by atoms with Crippen molar-refractivity contribution in [2.45, 2.75) is 45.3 Å². The Morgan fingerprint density at radius 2 is 2.14 bits per heavy atom. The van der Waals surface area contributed by atoms with Gasteiger partial charge >= 0.3 is 0 Å². The van der Waals surface area contributed by atoms with Crippen molar-refractivity contribution in [3.63, 3.8) is 0 Å². The molecule has 4 rings (SSSR count). The normalized spacial score (nSPS) is 29.4. The number of benzene rings is 1. The Balaban J connectivity index is 0.00000144. The zero-order chi connectivity index (χ0) is 14.5. The fourth-order valence-electron chi connectivity index (χ4n) is 4.35. The van der Waals surface area contributed by atoms with Gasteiger partial charge in [-0.15, -0.1) is 12.4 Å². The molecule has 1 aromatic carbocycles. The monoisotopic (exact) mass is 322 g/mol. The van der Waals surface area contributed by atoms with E-state index in [9.17, 15) is 0 Å². The quantitative estimate of drug-likeness (QED) is 0.906. The number of rotatable bonds is 2. The molecular formula is C18H27ClN2O. The minimum absolute atomic E-state index is 0. The van der Waals surface area contributed by atoms with E-state index in [1.165, 1.54) is 50.1 Å². The molecule has 0 aromatic heterocycles. The summed E-state index contributed by atoms with van der Waals surface area (Å²) in [7, 11) is 0. The van der Waals surface area contributed by atoms with Crippen LogP contribution in [0.5, 0.6) is 5.75 Å². The largest absolute Gasteiger partial charge is 0.487 e. The van der Waals surface area contributed by atoms with E-state index in [0.717, 1.165) is 18.7 Å². The molecule has 4 heteroatoms. The van der Waals surface area contributed by atoms with E-state index in [0.29, 0.717) is 5.41 Å². The van der Waals surface area contributed by atoms with Gasteiger partial charge in [0.15, 0.2) is 0 Å². The molecule has 122 valence electrons. The second-order valence-electron chi connectivity index (χ2n) is 7.83. The van der Waals surface area contributed by atoms with Gasteiger partial charge in [-0.2, -0.15) is 0 Å². The van der Waals surface area contributed by atoms with Crippen LogP contribution in [0.4, 0.5) is 0 Å². The lowest BCUT2D eigenvalue weighted by Gasteiger charge is -2.24. The first-order valence-electron chi connectivity index (χ1n) is 8.28. The fraction of sp³-hybridized carbons (Fsp3) is 0.667. The van der Waals surface area contributed by atoms with E-state index in [2.05, 4.69) is 42.3 Å². The van der Waals surface area contributed by atoms with Gasteiger partial charge in [0.05, 0.1) is 0 Å². The summed E-state index contributed by atoms with van der Waals surface area (Å²) >= 11 is 0. The molecule has 3 heterocycles. The SMILES string of the molecule is CC1(C)Cc2cccc(CN3CCC4(CCNC4)C3)c2O1.Cl. The van der Waals surface area contributed by atoms with E-state index in [1.807, 2.05) is 0 Å². The summed E-state index contributed by atoms with van der Waals surface area (Å²) in [6, 6.07) is 6.67.